The van der Waals surface area contributed by atoms with E-state index in [4.69, 9.17) is 5.73 Å². The fourth-order valence-electron chi connectivity index (χ4n) is 0.366. The molecule has 0 atom stereocenters. The summed E-state index contributed by atoms with van der Waals surface area (Å²) in [6.07, 6.45) is 2.52. The molecule has 1 rings (SSSR count). The van der Waals surface area contributed by atoms with Gasteiger partial charge in [-0.25, -0.2) is 0 Å². The van der Waals surface area contributed by atoms with Gasteiger partial charge in [0.05, 0.1) is 18.0 Å². The molecular weight excluding hydrogens is 120 g/mol. The Bertz CT molecular complexity index is 209. The summed E-state index contributed by atoms with van der Waals surface area (Å²) >= 11 is 0. The fraction of sp³-hybridized carbons (Fsp3) is 0. The van der Waals surface area contributed by atoms with Gasteiger partial charge in [-0.1, -0.05) is 0 Å². The summed E-state index contributed by atoms with van der Waals surface area (Å²) in [6.45, 7) is 0. The van der Waals surface area contributed by atoms with Gasteiger partial charge in [0.1, 0.15) is 0 Å². The Morgan fingerprint density at radius 3 is 2.33 bits per heavy atom. The number of aromatic nitrogens is 3. The van der Waals surface area contributed by atoms with Crippen molar-refractivity contribution in [1.82, 2.24) is 15.4 Å². The molecule has 9 heavy (non-hydrogen) atoms. The SMILES string of the molecule is NC(=O)c1cnnnc1. The minimum atomic E-state index is -0.544. The lowest BCUT2D eigenvalue weighted by Gasteiger charge is -1.86. The van der Waals surface area contributed by atoms with E-state index in [1.54, 1.807) is 0 Å². The van der Waals surface area contributed by atoms with Gasteiger partial charge < -0.3 is 5.73 Å². The van der Waals surface area contributed by atoms with Crippen molar-refractivity contribution >= 4 is 5.91 Å². The minimum absolute atomic E-state index is 0.269. The van der Waals surface area contributed by atoms with Gasteiger partial charge in [0.25, 0.3) is 5.91 Å². The largest absolute Gasteiger partial charge is 0.365 e. The maximum Gasteiger partial charge on any atom is 0.251 e. The van der Waals surface area contributed by atoms with Crippen LogP contribution >= 0.6 is 0 Å². The summed E-state index contributed by atoms with van der Waals surface area (Å²) < 4.78 is 0. The van der Waals surface area contributed by atoms with Crippen molar-refractivity contribution in [3.63, 3.8) is 0 Å². The van der Waals surface area contributed by atoms with Gasteiger partial charge >= 0.3 is 0 Å². The maximum absolute atomic E-state index is 10.3. The Morgan fingerprint density at radius 1 is 1.44 bits per heavy atom. The van der Waals surface area contributed by atoms with Crippen molar-refractivity contribution in [1.29, 1.82) is 0 Å². The molecular formula is C4H4N4O. The Labute approximate surface area is 50.9 Å². The normalized spacial score (nSPS) is 8.89. The van der Waals surface area contributed by atoms with Crippen LogP contribution in [-0.2, 0) is 0 Å². The molecule has 0 aliphatic carbocycles. The summed E-state index contributed by atoms with van der Waals surface area (Å²) in [7, 11) is 0. The third kappa shape index (κ3) is 1.18. The third-order valence-electron chi connectivity index (χ3n) is 0.781. The first kappa shape index (κ1) is 5.61. The molecule has 5 heteroatoms. The van der Waals surface area contributed by atoms with Gasteiger partial charge in [-0.15, -0.1) is 10.2 Å². The van der Waals surface area contributed by atoms with E-state index in [9.17, 15) is 4.79 Å². The van der Waals surface area contributed by atoms with E-state index in [1.807, 2.05) is 0 Å². The highest BCUT2D eigenvalue weighted by Crippen LogP contribution is 1.86. The van der Waals surface area contributed by atoms with Crippen molar-refractivity contribution in [3.8, 4) is 0 Å². The van der Waals surface area contributed by atoms with Crippen molar-refractivity contribution in [2.75, 3.05) is 0 Å². The second-order valence-corrected chi connectivity index (χ2v) is 1.40. The quantitative estimate of drug-likeness (QED) is 0.519. The van der Waals surface area contributed by atoms with Crippen LogP contribution in [0.4, 0.5) is 0 Å². The van der Waals surface area contributed by atoms with Crippen LogP contribution in [0.25, 0.3) is 0 Å². The van der Waals surface area contributed by atoms with E-state index in [0.29, 0.717) is 0 Å². The third-order valence-corrected chi connectivity index (χ3v) is 0.781. The van der Waals surface area contributed by atoms with Gasteiger partial charge in [-0.2, -0.15) is 0 Å². The monoisotopic (exact) mass is 124 g/mol. The average Bonchev–Trinajstić information content (AvgIpc) is 1.90. The highest BCUT2D eigenvalue weighted by Gasteiger charge is 1.96. The van der Waals surface area contributed by atoms with Gasteiger partial charge in [-0.05, 0) is 5.21 Å². The molecule has 46 valence electrons. The number of amides is 1. The molecule has 0 bridgehead atoms. The molecule has 0 fully saturated rings. The van der Waals surface area contributed by atoms with Gasteiger partial charge in [0, 0.05) is 0 Å². The highest BCUT2D eigenvalue weighted by atomic mass is 16.1. The first-order chi connectivity index (χ1) is 4.30. The van der Waals surface area contributed by atoms with Crippen molar-refractivity contribution in [2.45, 2.75) is 0 Å². The van der Waals surface area contributed by atoms with E-state index in [1.165, 1.54) is 12.4 Å². The number of primary amides is 1. The maximum atomic E-state index is 10.3. The van der Waals surface area contributed by atoms with E-state index in [-0.39, 0.29) is 5.56 Å². The van der Waals surface area contributed by atoms with Crippen LogP contribution in [0, 0.1) is 0 Å². The number of carbonyl (C=O) groups excluding carboxylic acids is 1. The lowest BCUT2D eigenvalue weighted by Crippen LogP contribution is -2.11. The molecule has 0 saturated carbocycles. The molecule has 0 aliphatic heterocycles. The number of nitrogens with two attached hydrogens (primary N) is 1. The minimum Gasteiger partial charge on any atom is -0.365 e. The molecule has 0 unspecified atom stereocenters. The molecule has 1 aromatic rings. The summed E-state index contributed by atoms with van der Waals surface area (Å²) in [4.78, 5) is 10.3. The Hall–Kier alpha value is -1.52. The predicted octanol–water partition coefficient (Wildman–Crippen LogP) is -1.03. The van der Waals surface area contributed by atoms with Crippen LogP contribution < -0.4 is 5.73 Å². The van der Waals surface area contributed by atoms with E-state index >= 15 is 0 Å². The summed E-state index contributed by atoms with van der Waals surface area (Å²) in [6, 6.07) is 0. The number of hydrogen-bond acceptors (Lipinski definition) is 4. The molecule has 0 spiro atoms. The zero-order valence-electron chi connectivity index (χ0n) is 4.48. The predicted molar refractivity (Wildman–Crippen MR) is 28.3 cm³/mol. The molecule has 0 aliphatic rings. The lowest BCUT2D eigenvalue weighted by atomic mass is 10.3. The molecule has 1 heterocycles. The Morgan fingerprint density at radius 2 is 2.00 bits per heavy atom. The zero-order valence-corrected chi connectivity index (χ0v) is 4.48. The topological polar surface area (TPSA) is 81.8 Å². The molecule has 0 radical (unpaired) electrons. The first-order valence-corrected chi connectivity index (χ1v) is 2.24. The van der Waals surface area contributed by atoms with Crippen LogP contribution in [-0.4, -0.2) is 21.3 Å². The fourth-order valence-corrected chi connectivity index (χ4v) is 0.366. The highest BCUT2D eigenvalue weighted by molar-refractivity contribution is 5.91. The second kappa shape index (κ2) is 2.17. The van der Waals surface area contributed by atoms with Crippen LogP contribution in [0.3, 0.4) is 0 Å². The van der Waals surface area contributed by atoms with Crippen molar-refractivity contribution in [2.24, 2.45) is 5.73 Å². The molecule has 0 saturated heterocycles. The molecule has 1 amide bonds. The summed E-state index contributed by atoms with van der Waals surface area (Å²) in [5.74, 6) is -0.544. The van der Waals surface area contributed by atoms with Crippen LogP contribution in [0.1, 0.15) is 10.4 Å². The smallest absolute Gasteiger partial charge is 0.251 e. The van der Waals surface area contributed by atoms with E-state index < -0.39 is 5.91 Å². The summed E-state index contributed by atoms with van der Waals surface area (Å²) in [5.41, 5.74) is 5.14. The number of hydrogen-bond donors (Lipinski definition) is 1. The van der Waals surface area contributed by atoms with Crippen molar-refractivity contribution in [3.05, 3.63) is 18.0 Å². The summed E-state index contributed by atoms with van der Waals surface area (Å²) in [5, 5.41) is 9.91. The first-order valence-electron chi connectivity index (χ1n) is 2.24. The average molecular weight is 124 g/mol. The van der Waals surface area contributed by atoms with Crippen molar-refractivity contribution < 1.29 is 4.79 Å². The van der Waals surface area contributed by atoms with Crippen LogP contribution in [0.2, 0.25) is 0 Å². The second-order valence-electron chi connectivity index (χ2n) is 1.40. The molecule has 1 aromatic heterocycles. The molecule has 0 aromatic carbocycles. The van der Waals surface area contributed by atoms with Crippen LogP contribution in [0.5, 0.6) is 0 Å². The van der Waals surface area contributed by atoms with Gasteiger partial charge in [0.15, 0.2) is 0 Å². The van der Waals surface area contributed by atoms with Gasteiger partial charge in [0.2, 0.25) is 0 Å². The Balaban J connectivity index is 2.98. The zero-order chi connectivity index (χ0) is 6.69. The van der Waals surface area contributed by atoms with Crippen LogP contribution in [0.15, 0.2) is 12.4 Å². The number of rotatable bonds is 1. The Kier molecular flexibility index (Phi) is 1.35. The van der Waals surface area contributed by atoms with E-state index in [0.717, 1.165) is 0 Å². The molecule has 5 nitrogen and oxygen atoms in total. The molecule has 2 N–H and O–H groups in total. The lowest BCUT2D eigenvalue weighted by molar-refractivity contribution is 0.0999. The number of carbonyl (C=O) groups is 1. The van der Waals surface area contributed by atoms with E-state index in [2.05, 4.69) is 15.4 Å². The standard InChI is InChI=1S/C4H4N4O/c5-4(9)3-1-6-8-7-2-3/h1-2H,(H2,5,9). The van der Waals surface area contributed by atoms with Gasteiger partial charge in [-0.3, -0.25) is 4.79 Å². The number of nitrogens with zero attached hydrogens (tertiary/aromatic N) is 3.